The summed E-state index contributed by atoms with van der Waals surface area (Å²) < 4.78 is 1.34. The Kier molecular flexibility index (Phi) is 6.32. The summed E-state index contributed by atoms with van der Waals surface area (Å²) in [5.41, 5.74) is 3.25. The van der Waals surface area contributed by atoms with Crippen LogP contribution in [0.2, 0.25) is 5.02 Å². The van der Waals surface area contributed by atoms with Crippen LogP contribution in [0.5, 0.6) is 0 Å². The second-order valence-corrected chi connectivity index (χ2v) is 9.59. The molecule has 0 bridgehead atoms. The third-order valence-corrected chi connectivity index (χ3v) is 7.03. The standard InChI is InChI=1S/C24H23ClN6O2S/c1-16-4-2-3-5-20(16)27-23(33)30-12-10-29(11-13-30)15-19-14-21(32)31-24(26-19)34-22(28-31)17-6-8-18(25)9-7-17/h2-9,14H,10-13,15H2,1H3,(H,27,33). The molecule has 0 atom stereocenters. The highest BCUT2D eigenvalue weighted by Crippen LogP contribution is 2.25. The van der Waals surface area contributed by atoms with Crippen molar-refractivity contribution < 1.29 is 4.79 Å². The van der Waals surface area contributed by atoms with Gasteiger partial charge in [-0.15, -0.1) is 0 Å². The van der Waals surface area contributed by atoms with Gasteiger partial charge in [0.2, 0.25) is 4.96 Å². The molecule has 3 heterocycles. The Balaban J connectivity index is 1.23. The summed E-state index contributed by atoms with van der Waals surface area (Å²) in [6.07, 6.45) is 0. The van der Waals surface area contributed by atoms with Gasteiger partial charge in [-0.2, -0.15) is 9.61 Å². The lowest BCUT2D eigenvalue weighted by molar-refractivity contribution is 0.142. The number of nitrogens with one attached hydrogen (secondary N) is 1. The van der Waals surface area contributed by atoms with Gasteiger partial charge in [0.1, 0.15) is 5.01 Å². The van der Waals surface area contributed by atoms with Crippen LogP contribution in [-0.4, -0.2) is 56.6 Å². The summed E-state index contributed by atoms with van der Waals surface area (Å²) in [4.78, 5) is 34.5. The maximum atomic E-state index is 12.6. The number of hydrogen-bond donors (Lipinski definition) is 1. The highest BCUT2D eigenvalue weighted by molar-refractivity contribution is 7.19. The molecule has 0 spiro atoms. The third kappa shape index (κ3) is 4.82. The molecular weight excluding hydrogens is 472 g/mol. The maximum absolute atomic E-state index is 12.6. The summed E-state index contributed by atoms with van der Waals surface area (Å²) in [7, 11) is 0. The molecule has 2 aromatic carbocycles. The first-order valence-corrected chi connectivity index (χ1v) is 12.2. The molecular formula is C24H23ClN6O2S. The predicted molar refractivity (Wildman–Crippen MR) is 135 cm³/mol. The normalized spacial score (nSPS) is 14.5. The van der Waals surface area contributed by atoms with Crippen molar-refractivity contribution in [1.29, 1.82) is 0 Å². The van der Waals surface area contributed by atoms with Crippen molar-refractivity contribution in [3.63, 3.8) is 0 Å². The molecule has 10 heteroatoms. The van der Waals surface area contributed by atoms with Crippen LogP contribution in [0.4, 0.5) is 10.5 Å². The second-order valence-electron chi connectivity index (χ2n) is 8.20. The van der Waals surface area contributed by atoms with Gasteiger partial charge >= 0.3 is 6.03 Å². The lowest BCUT2D eigenvalue weighted by Gasteiger charge is -2.34. The molecule has 0 saturated carbocycles. The van der Waals surface area contributed by atoms with E-state index in [4.69, 9.17) is 11.6 Å². The monoisotopic (exact) mass is 494 g/mol. The van der Waals surface area contributed by atoms with Crippen molar-refractivity contribution >= 4 is 39.6 Å². The van der Waals surface area contributed by atoms with E-state index in [9.17, 15) is 9.59 Å². The quantitative estimate of drug-likeness (QED) is 0.461. The lowest BCUT2D eigenvalue weighted by Crippen LogP contribution is -2.49. The zero-order valence-electron chi connectivity index (χ0n) is 18.6. The molecule has 1 saturated heterocycles. The molecule has 1 fully saturated rings. The number of aryl methyl sites for hydroxylation is 1. The van der Waals surface area contributed by atoms with Gasteiger partial charge in [-0.05, 0) is 30.7 Å². The average Bonchev–Trinajstić information content (AvgIpc) is 3.26. The molecule has 174 valence electrons. The molecule has 2 amide bonds. The summed E-state index contributed by atoms with van der Waals surface area (Å²) in [5.74, 6) is 0. The van der Waals surface area contributed by atoms with E-state index in [0.29, 0.717) is 53.4 Å². The number of carbonyl (C=O) groups excluding carboxylic acids is 1. The molecule has 0 radical (unpaired) electrons. The minimum Gasteiger partial charge on any atom is -0.322 e. The maximum Gasteiger partial charge on any atom is 0.321 e. The number of aromatic nitrogens is 3. The fourth-order valence-corrected chi connectivity index (χ4v) is 4.95. The third-order valence-electron chi connectivity index (χ3n) is 5.82. The first kappa shape index (κ1) is 22.5. The molecule has 34 heavy (non-hydrogen) atoms. The van der Waals surface area contributed by atoms with Gasteiger partial charge in [0.25, 0.3) is 5.56 Å². The van der Waals surface area contributed by atoms with E-state index < -0.39 is 0 Å². The van der Waals surface area contributed by atoms with Crippen molar-refractivity contribution in [3.8, 4) is 10.6 Å². The molecule has 1 aliphatic heterocycles. The van der Waals surface area contributed by atoms with Gasteiger partial charge in [-0.3, -0.25) is 9.69 Å². The predicted octanol–water partition coefficient (Wildman–Crippen LogP) is 4.13. The van der Waals surface area contributed by atoms with Crippen molar-refractivity contribution in [2.24, 2.45) is 0 Å². The zero-order chi connectivity index (χ0) is 23.7. The number of carbonyl (C=O) groups is 1. The van der Waals surface area contributed by atoms with Gasteiger partial charge in [-0.25, -0.2) is 9.78 Å². The summed E-state index contributed by atoms with van der Waals surface area (Å²) in [6.45, 7) is 5.16. The van der Waals surface area contributed by atoms with E-state index in [2.05, 4.69) is 20.3 Å². The Morgan fingerprint density at radius 1 is 1.09 bits per heavy atom. The molecule has 1 aliphatic rings. The van der Waals surface area contributed by atoms with Gasteiger partial charge in [-0.1, -0.05) is 53.3 Å². The number of nitrogens with zero attached hydrogens (tertiary/aromatic N) is 5. The Hall–Kier alpha value is -3.27. The summed E-state index contributed by atoms with van der Waals surface area (Å²) in [6, 6.07) is 16.5. The largest absolute Gasteiger partial charge is 0.322 e. The van der Waals surface area contributed by atoms with Crippen LogP contribution in [0.25, 0.3) is 15.5 Å². The van der Waals surface area contributed by atoms with Gasteiger partial charge in [0.15, 0.2) is 0 Å². The van der Waals surface area contributed by atoms with E-state index in [0.717, 1.165) is 16.8 Å². The second kappa shape index (κ2) is 9.54. The summed E-state index contributed by atoms with van der Waals surface area (Å²) >= 11 is 7.34. The van der Waals surface area contributed by atoms with Gasteiger partial charge in [0, 0.05) is 55.1 Å². The van der Waals surface area contributed by atoms with Crippen LogP contribution < -0.4 is 10.9 Å². The van der Waals surface area contributed by atoms with E-state index in [1.165, 1.54) is 21.9 Å². The first-order chi connectivity index (χ1) is 16.5. The topological polar surface area (TPSA) is 82.8 Å². The van der Waals surface area contributed by atoms with Crippen LogP contribution in [0.15, 0.2) is 59.4 Å². The molecule has 5 rings (SSSR count). The van der Waals surface area contributed by atoms with Crippen molar-refractivity contribution in [3.05, 3.63) is 81.2 Å². The van der Waals surface area contributed by atoms with Crippen molar-refractivity contribution in [1.82, 2.24) is 24.4 Å². The number of fused-ring (bicyclic) bond motifs is 1. The number of rotatable bonds is 4. The smallest absolute Gasteiger partial charge is 0.321 e. The zero-order valence-corrected chi connectivity index (χ0v) is 20.1. The number of piperazine rings is 1. The number of anilines is 1. The van der Waals surface area contributed by atoms with Gasteiger partial charge in [0.05, 0.1) is 5.69 Å². The van der Waals surface area contributed by atoms with Crippen LogP contribution in [0.3, 0.4) is 0 Å². The molecule has 4 aromatic rings. The average molecular weight is 495 g/mol. The fourth-order valence-electron chi connectivity index (χ4n) is 3.89. The minimum atomic E-state index is -0.201. The van der Waals surface area contributed by atoms with E-state index >= 15 is 0 Å². The highest BCUT2D eigenvalue weighted by Gasteiger charge is 2.22. The number of para-hydroxylation sites is 1. The molecule has 1 N–H and O–H groups in total. The lowest BCUT2D eigenvalue weighted by atomic mass is 10.2. The fraction of sp³-hybridized carbons (Fsp3) is 0.250. The Bertz CT molecular complexity index is 1390. The van der Waals surface area contributed by atoms with E-state index in [-0.39, 0.29) is 11.6 Å². The van der Waals surface area contributed by atoms with Gasteiger partial charge < -0.3 is 10.2 Å². The number of hydrogen-bond acceptors (Lipinski definition) is 6. The Labute approximate surface area is 205 Å². The Morgan fingerprint density at radius 3 is 2.56 bits per heavy atom. The Morgan fingerprint density at radius 2 is 1.82 bits per heavy atom. The molecule has 8 nitrogen and oxygen atoms in total. The van der Waals surface area contributed by atoms with Crippen LogP contribution in [0.1, 0.15) is 11.3 Å². The first-order valence-electron chi connectivity index (χ1n) is 11.0. The van der Waals surface area contributed by atoms with Crippen LogP contribution in [-0.2, 0) is 6.54 Å². The van der Waals surface area contributed by atoms with Crippen LogP contribution >= 0.6 is 22.9 Å². The van der Waals surface area contributed by atoms with E-state index in [1.54, 1.807) is 12.1 Å². The van der Waals surface area contributed by atoms with Crippen molar-refractivity contribution in [2.45, 2.75) is 13.5 Å². The van der Waals surface area contributed by atoms with Crippen LogP contribution in [0, 0.1) is 6.92 Å². The molecule has 0 unspecified atom stereocenters. The summed E-state index contributed by atoms with van der Waals surface area (Å²) in [5, 5.41) is 8.78. The number of benzene rings is 2. The molecule has 2 aromatic heterocycles. The molecule has 0 aliphatic carbocycles. The van der Waals surface area contributed by atoms with Crippen molar-refractivity contribution in [2.75, 3.05) is 31.5 Å². The SMILES string of the molecule is Cc1ccccc1NC(=O)N1CCN(Cc2cc(=O)n3nc(-c4ccc(Cl)cc4)sc3n2)CC1. The number of halogens is 1. The minimum absolute atomic E-state index is 0.0915. The number of amides is 2. The van der Waals surface area contributed by atoms with E-state index in [1.807, 2.05) is 48.2 Å². The highest BCUT2D eigenvalue weighted by atomic mass is 35.5. The number of urea groups is 1.